The first-order chi connectivity index (χ1) is 9.45. The van der Waals surface area contributed by atoms with Gasteiger partial charge in [0.25, 0.3) is 0 Å². The highest BCUT2D eigenvalue weighted by molar-refractivity contribution is 6.49. The van der Waals surface area contributed by atoms with E-state index in [0.717, 1.165) is 0 Å². The van der Waals surface area contributed by atoms with Crippen LogP contribution >= 0.6 is 11.6 Å². The van der Waals surface area contributed by atoms with Gasteiger partial charge in [-0.25, -0.2) is 9.67 Å². The molecule has 1 aliphatic rings. The van der Waals surface area contributed by atoms with Crippen LogP contribution < -0.4 is 11.5 Å². The van der Waals surface area contributed by atoms with E-state index in [1.165, 1.54) is 10.9 Å². The molecule has 0 bridgehead atoms. The van der Waals surface area contributed by atoms with Gasteiger partial charge in [0, 0.05) is 5.57 Å². The van der Waals surface area contributed by atoms with Crippen LogP contribution in [0.3, 0.4) is 0 Å². The van der Waals surface area contributed by atoms with Crippen molar-refractivity contribution in [1.82, 2.24) is 9.78 Å². The molecule has 2 rings (SSSR count). The predicted molar refractivity (Wildman–Crippen MR) is 76.7 cm³/mol. The van der Waals surface area contributed by atoms with Crippen molar-refractivity contribution in [2.45, 2.75) is 13.5 Å². The zero-order valence-electron chi connectivity index (χ0n) is 10.8. The van der Waals surface area contributed by atoms with Crippen LogP contribution in [-0.2, 0) is 11.3 Å². The Morgan fingerprint density at radius 3 is 2.85 bits per heavy atom. The topological polar surface area (TPSA) is 120 Å². The number of ketones is 1. The molecular formula is C12H14ClN5O2. The number of allylic oxidation sites excluding steroid dienone is 3. The van der Waals surface area contributed by atoms with Gasteiger partial charge in [0.1, 0.15) is 16.5 Å². The number of nitrogens with zero attached hydrogens (tertiary/aromatic N) is 3. The summed E-state index contributed by atoms with van der Waals surface area (Å²) in [5.74, 6) is -0.00881. The molecule has 1 heterocycles. The maximum atomic E-state index is 11.6. The van der Waals surface area contributed by atoms with Crippen molar-refractivity contribution in [1.29, 1.82) is 0 Å². The number of hydrogen-bond acceptors (Lipinski definition) is 6. The number of aliphatic hydroxyl groups excluding tert-OH is 1. The number of rotatable bonds is 3. The fraction of sp³-hybridized carbons (Fsp3) is 0.250. The largest absolute Gasteiger partial charge is 0.396 e. The van der Waals surface area contributed by atoms with Gasteiger partial charge in [0.05, 0.1) is 30.8 Å². The molecule has 5 N–H and O–H groups in total. The number of Topliss-reactive ketones (excluding diaryl/α,β-unsaturated/α-hetero) is 1. The first-order valence-electron chi connectivity index (χ1n) is 5.85. The molecule has 8 heteroatoms. The summed E-state index contributed by atoms with van der Waals surface area (Å²) in [5.41, 5.74) is 13.0. The number of halogens is 1. The standard InChI is InChI=1S/C12H14ClN5O2/c1-6-4-7(10(14)9(13)11(6)20)17-8-5-16-18(2-3-19)12(8)15/h4-5,19H,2-3,14-15H2,1H3. The van der Waals surface area contributed by atoms with E-state index in [4.69, 9.17) is 28.2 Å². The molecule has 1 aliphatic carbocycles. The van der Waals surface area contributed by atoms with Gasteiger partial charge >= 0.3 is 0 Å². The first kappa shape index (κ1) is 14.3. The third-order valence-corrected chi connectivity index (χ3v) is 3.21. The van der Waals surface area contributed by atoms with Crippen molar-refractivity contribution in [3.8, 4) is 0 Å². The van der Waals surface area contributed by atoms with Gasteiger partial charge in [0.2, 0.25) is 5.78 Å². The summed E-state index contributed by atoms with van der Waals surface area (Å²) in [5, 5.41) is 12.8. The van der Waals surface area contributed by atoms with Crippen molar-refractivity contribution in [2.75, 3.05) is 12.3 Å². The lowest BCUT2D eigenvalue weighted by molar-refractivity contribution is -0.111. The van der Waals surface area contributed by atoms with E-state index in [2.05, 4.69) is 10.1 Å². The second kappa shape index (κ2) is 5.48. The van der Waals surface area contributed by atoms with Crippen molar-refractivity contribution in [2.24, 2.45) is 10.7 Å². The highest BCUT2D eigenvalue weighted by atomic mass is 35.5. The number of carbonyl (C=O) groups is 1. The molecule has 0 spiro atoms. The first-order valence-corrected chi connectivity index (χ1v) is 6.23. The zero-order chi connectivity index (χ0) is 14.9. The number of aromatic nitrogens is 2. The molecule has 0 aliphatic heterocycles. The van der Waals surface area contributed by atoms with Crippen LogP contribution in [-0.4, -0.2) is 33.0 Å². The van der Waals surface area contributed by atoms with Gasteiger partial charge < -0.3 is 16.6 Å². The van der Waals surface area contributed by atoms with Gasteiger partial charge in [0.15, 0.2) is 0 Å². The lowest BCUT2D eigenvalue weighted by Gasteiger charge is -2.12. The van der Waals surface area contributed by atoms with Gasteiger partial charge in [-0.15, -0.1) is 0 Å². The fourth-order valence-electron chi connectivity index (χ4n) is 1.72. The summed E-state index contributed by atoms with van der Waals surface area (Å²) in [6.45, 7) is 1.82. The molecule has 0 saturated heterocycles. The highest BCUT2D eigenvalue weighted by Gasteiger charge is 2.22. The average molecular weight is 296 g/mol. The number of aliphatic hydroxyl groups is 1. The minimum absolute atomic E-state index is 0.0509. The average Bonchev–Trinajstić information content (AvgIpc) is 2.76. The third-order valence-electron chi connectivity index (χ3n) is 2.84. The van der Waals surface area contributed by atoms with Crippen LogP contribution in [0.1, 0.15) is 6.92 Å². The monoisotopic (exact) mass is 295 g/mol. The van der Waals surface area contributed by atoms with E-state index >= 15 is 0 Å². The molecule has 7 nitrogen and oxygen atoms in total. The maximum Gasteiger partial charge on any atom is 0.202 e. The van der Waals surface area contributed by atoms with Gasteiger partial charge in [-0.3, -0.25) is 4.79 Å². The van der Waals surface area contributed by atoms with E-state index in [-0.39, 0.29) is 29.7 Å². The number of nitrogens with two attached hydrogens (primary N) is 2. The Bertz CT molecular complexity index is 657. The normalized spacial score (nSPS) is 17.9. The van der Waals surface area contributed by atoms with Crippen molar-refractivity contribution in [3.63, 3.8) is 0 Å². The van der Waals surface area contributed by atoms with Crippen LogP contribution in [0, 0.1) is 0 Å². The molecule has 0 radical (unpaired) electrons. The van der Waals surface area contributed by atoms with E-state index in [1.54, 1.807) is 13.0 Å². The zero-order valence-corrected chi connectivity index (χ0v) is 11.6. The lowest BCUT2D eigenvalue weighted by Crippen LogP contribution is -2.20. The van der Waals surface area contributed by atoms with Gasteiger partial charge in [-0.1, -0.05) is 11.6 Å². The van der Waals surface area contributed by atoms with Crippen molar-refractivity contribution < 1.29 is 9.90 Å². The SMILES string of the molecule is CC1=CC(=Nc2cnn(CCO)c2N)C(N)=C(Cl)C1=O. The number of hydrogen-bond donors (Lipinski definition) is 3. The minimum Gasteiger partial charge on any atom is -0.396 e. The summed E-state index contributed by atoms with van der Waals surface area (Å²) in [7, 11) is 0. The molecule has 0 amide bonds. The second-order valence-electron chi connectivity index (χ2n) is 4.24. The molecular weight excluding hydrogens is 282 g/mol. The number of carbonyl (C=O) groups excluding carboxylic acids is 1. The van der Waals surface area contributed by atoms with E-state index in [0.29, 0.717) is 22.8 Å². The molecule has 20 heavy (non-hydrogen) atoms. The quantitative estimate of drug-likeness (QED) is 0.700. The summed E-state index contributed by atoms with van der Waals surface area (Å²) in [6, 6.07) is 0. The fourth-order valence-corrected chi connectivity index (χ4v) is 1.97. The van der Waals surface area contributed by atoms with Crippen molar-refractivity contribution >= 4 is 34.6 Å². The van der Waals surface area contributed by atoms with Gasteiger partial charge in [-0.2, -0.15) is 5.10 Å². The Labute approximate surface area is 120 Å². The molecule has 0 unspecified atom stereocenters. The molecule has 0 aromatic carbocycles. The Hall–Kier alpha value is -2.12. The molecule has 1 aromatic rings. The Morgan fingerprint density at radius 1 is 1.50 bits per heavy atom. The lowest BCUT2D eigenvalue weighted by atomic mass is 10.0. The summed E-state index contributed by atoms with van der Waals surface area (Å²) in [6.07, 6.45) is 3.01. The smallest absolute Gasteiger partial charge is 0.202 e. The Morgan fingerprint density at radius 2 is 2.20 bits per heavy atom. The van der Waals surface area contributed by atoms with Gasteiger partial charge in [-0.05, 0) is 13.0 Å². The summed E-state index contributed by atoms with van der Waals surface area (Å²) < 4.78 is 1.42. The highest BCUT2D eigenvalue weighted by Crippen LogP contribution is 2.25. The van der Waals surface area contributed by atoms with Crippen molar-refractivity contribution in [3.05, 3.63) is 28.6 Å². The van der Waals surface area contributed by atoms with E-state index in [9.17, 15) is 4.79 Å². The van der Waals surface area contributed by atoms with Crippen LogP contribution in [0.4, 0.5) is 11.5 Å². The van der Waals surface area contributed by atoms with Crippen LogP contribution in [0.15, 0.2) is 33.6 Å². The molecule has 0 atom stereocenters. The minimum atomic E-state index is -0.313. The summed E-state index contributed by atoms with van der Waals surface area (Å²) in [4.78, 5) is 15.9. The van der Waals surface area contributed by atoms with Crippen LogP contribution in [0.5, 0.6) is 0 Å². The third kappa shape index (κ3) is 2.45. The maximum absolute atomic E-state index is 11.6. The van der Waals surface area contributed by atoms with Crippen LogP contribution in [0.2, 0.25) is 0 Å². The molecule has 0 saturated carbocycles. The van der Waals surface area contributed by atoms with Crippen LogP contribution in [0.25, 0.3) is 0 Å². The number of nitrogen functional groups attached to an aromatic ring is 1. The van der Waals surface area contributed by atoms with E-state index < -0.39 is 0 Å². The Kier molecular flexibility index (Phi) is 3.91. The second-order valence-corrected chi connectivity index (χ2v) is 4.62. The molecule has 1 aromatic heterocycles. The Balaban J connectivity index is 2.43. The number of anilines is 1. The predicted octanol–water partition coefficient (Wildman–Crippen LogP) is 0.468. The van der Waals surface area contributed by atoms with E-state index in [1.807, 2.05) is 0 Å². The summed E-state index contributed by atoms with van der Waals surface area (Å²) >= 11 is 5.87. The molecule has 0 fully saturated rings. The molecule has 106 valence electrons. The number of aliphatic imine (C=N–C) groups is 1.